The number of aryl methyl sites for hydroxylation is 1. The summed E-state index contributed by atoms with van der Waals surface area (Å²) in [5.74, 6) is 0. The lowest BCUT2D eigenvalue weighted by molar-refractivity contribution is 0.669. The monoisotopic (exact) mass is 615 g/mol. The minimum absolute atomic E-state index is 0.631. The van der Waals surface area contributed by atoms with E-state index >= 15 is 0 Å². The number of para-hydroxylation sites is 3. The predicted octanol–water partition coefficient (Wildman–Crippen LogP) is 11.7. The molecule has 0 amide bonds. The van der Waals surface area contributed by atoms with Crippen LogP contribution in [0.2, 0.25) is 0 Å². The van der Waals surface area contributed by atoms with Crippen LogP contribution in [0.1, 0.15) is 16.8 Å². The van der Waals surface area contributed by atoms with Gasteiger partial charge in [-0.2, -0.15) is 5.26 Å². The van der Waals surface area contributed by atoms with Crippen LogP contribution in [-0.2, 0) is 0 Å². The van der Waals surface area contributed by atoms with E-state index in [1.807, 2.05) is 48.6 Å². The number of hydrogen-bond donors (Lipinski definition) is 0. The van der Waals surface area contributed by atoms with Crippen molar-refractivity contribution in [2.75, 3.05) is 0 Å². The molecule has 226 valence electrons. The van der Waals surface area contributed by atoms with Gasteiger partial charge in [-0.3, -0.25) is 0 Å². The summed E-state index contributed by atoms with van der Waals surface area (Å²) in [5, 5.41) is 15.9. The molecule has 3 heterocycles. The molecule has 0 N–H and O–H groups in total. The van der Waals surface area contributed by atoms with Gasteiger partial charge in [-0.05, 0) is 84.3 Å². The highest BCUT2D eigenvalue weighted by atomic mass is 16.3. The van der Waals surface area contributed by atoms with Gasteiger partial charge < -0.3 is 13.6 Å². The van der Waals surface area contributed by atoms with Gasteiger partial charge in [-0.1, -0.05) is 91.5 Å². The van der Waals surface area contributed by atoms with Gasteiger partial charge in [0.1, 0.15) is 11.2 Å². The van der Waals surface area contributed by atoms with Crippen molar-refractivity contribution >= 4 is 60.7 Å². The Labute approximate surface area is 277 Å². The second kappa shape index (κ2) is 10.8. The van der Waals surface area contributed by atoms with Crippen molar-refractivity contribution in [1.29, 1.82) is 5.26 Å². The van der Waals surface area contributed by atoms with E-state index in [2.05, 4.69) is 126 Å². The first-order valence-electron chi connectivity index (χ1n) is 16.0. The lowest BCUT2D eigenvalue weighted by atomic mass is 9.99. The summed E-state index contributed by atoms with van der Waals surface area (Å²) in [7, 11) is 0. The molecule has 0 spiro atoms. The van der Waals surface area contributed by atoms with E-state index in [1.54, 1.807) is 0 Å². The summed E-state index contributed by atoms with van der Waals surface area (Å²) < 4.78 is 11.1. The Balaban J connectivity index is 1.47. The van der Waals surface area contributed by atoms with Crippen LogP contribution >= 0.6 is 0 Å². The van der Waals surface area contributed by atoms with E-state index in [4.69, 9.17) is 4.42 Å². The smallest absolute Gasteiger partial charge is 0.137 e. The second-order valence-corrected chi connectivity index (χ2v) is 12.1. The molecule has 48 heavy (non-hydrogen) atoms. The van der Waals surface area contributed by atoms with Crippen LogP contribution in [0.25, 0.3) is 83.2 Å². The molecule has 4 heteroatoms. The predicted molar refractivity (Wildman–Crippen MR) is 199 cm³/mol. The van der Waals surface area contributed by atoms with Gasteiger partial charge in [-0.25, -0.2) is 0 Å². The lowest BCUT2D eigenvalue weighted by Crippen LogP contribution is -2.02. The number of aromatic nitrogens is 2. The number of benzene rings is 6. The summed E-state index contributed by atoms with van der Waals surface area (Å²) in [4.78, 5) is 0. The minimum atomic E-state index is 0.631. The van der Waals surface area contributed by atoms with Crippen molar-refractivity contribution < 1.29 is 4.42 Å². The zero-order chi connectivity index (χ0) is 32.4. The van der Waals surface area contributed by atoms with Crippen LogP contribution < -0.4 is 0 Å². The lowest BCUT2D eigenvalue weighted by Gasteiger charge is -2.17. The number of nitrogens with zero attached hydrogens (tertiary/aromatic N) is 3. The standard InChI is InChI=1S/C44H29N3O/c1-3-4-18-38-28(2)33-14-7-10-19-39(33)46(38)31-24-30(34-15-6-5-13-29(34)27-45)25-32(26-31)47-40-20-11-8-16-35(40)36-22-23-42-43(44(36)47)37-17-9-12-21-41(37)48-42/h3-26H,1H2,2H3/b18-4-. The zero-order valence-electron chi connectivity index (χ0n) is 26.3. The van der Waals surface area contributed by atoms with Gasteiger partial charge in [0.2, 0.25) is 0 Å². The van der Waals surface area contributed by atoms with E-state index in [0.717, 1.165) is 72.1 Å². The maximum atomic E-state index is 10.2. The molecule has 0 saturated carbocycles. The number of allylic oxidation sites excluding steroid dienone is 2. The maximum absolute atomic E-state index is 10.2. The van der Waals surface area contributed by atoms with E-state index in [0.29, 0.717) is 5.56 Å². The molecule has 6 aromatic carbocycles. The number of rotatable bonds is 5. The summed E-state index contributed by atoms with van der Waals surface area (Å²) in [6.45, 7) is 6.12. The van der Waals surface area contributed by atoms with Crippen molar-refractivity contribution in [2.45, 2.75) is 6.92 Å². The molecule has 0 saturated heterocycles. The van der Waals surface area contributed by atoms with E-state index in [1.165, 1.54) is 16.3 Å². The van der Waals surface area contributed by atoms with E-state index < -0.39 is 0 Å². The van der Waals surface area contributed by atoms with Crippen LogP contribution in [0.3, 0.4) is 0 Å². The molecule has 0 atom stereocenters. The van der Waals surface area contributed by atoms with Gasteiger partial charge >= 0.3 is 0 Å². The largest absolute Gasteiger partial charge is 0.456 e. The molecule has 4 nitrogen and oxygen atoms in total. The van der Waals surface area contributed by atoms with Crippen LogP contribution in [0.15, 0.2) is 151 Å². The fraction of sp³-hybridized carbons (Fsp3) is 0.0227. The third-order valence-electron chi connectivity index (χ3n) is 9.52. The molecule has 0 radical (unpaired) electrons. The first-order chi connectivity index (χ1) is 23.7. The topological polar surface area (TPSA) is 46.8 Å². The molecule has 0 aliphatic heterocycles. The van der Waals surface area contributed by atoms with Crippen molar-refractivity contribution in [3.05, 3.63) is 163 Å². The first kappa shape index (κ1) is 27.7. The van der Waals surface area contributed by atoms with Crippen LogP contribution in [0.5, 0.6) is 0 Å². The molecular weight excluding hydrogens is 587 g/mol. The van der Waals surface area contributed by atoms with Crippen molar-refractivity contribution in [1.82, 2.24) is 9.13 Å². The van der Waals surface area contributed by atoms with Crippen molar-refractivity contribution in [3.8, 4) is 28.6 Å². The fourth-order valence-corrected chi connectivity index (χ4v) is 7.43. The fourth-order valence-electron chi connectivity index (χ4n) is 7.43. The van der Waals surface area contributed by atoms with Crippen molar-refractivity contribution in [2.24, 2.45) is 0 Å². The molecule has 0 bridgehead atoms. The Bertz CT molecular complexity index is 2830. The quantitative estimate of drug-likeness (QED) is 0.181. The third-order valence-corrected chi connectivity index (χ3v) is 9.52. The molecular formula is C44H29N3O. The van der Waals surface area contributed by atoms with Gasteiger partial charge in [-0.15, -0.1) is 0 Å². The Hall–Kier alpha value is -6.57. The molecule has 0 unspecified atom stereocenters. The van der Waals surface area contributed by atoms with Gasteiger partial charge in [0.25, 0.3) is 0 Å². The molecule has 0 aliphatic carbocycles. The Morgan fingerprint density at radius 3 is 2.12 bits per heavy atom. The maximum Gasteiger partial charge on any atom is 0.137 e. The van der Waals surface area contributed by atoms with Gasteiger partial charge in [0.05, 0.1) is 33.6 Å². The SMILES string of the molecule is C=C/C=C\c1c(C)c2ccccc2n1-c1cc(-c2ccccc2C#N)cc(-n2c3ccccc3c3ccc4oc5ccccc5c4c32)c1. The summed E-state index contributed by atoms with van der Waals surface area (Å²) in [6.07, 6.45) is 5.92. The summed E-state index contributed by atoms with van der Waals surface area (Å²) in [5.41, 5.74) is 11.8. The number of furan rings is 1. The summed E-state index contributed by atoms with van der Waals surface area (Å²) >= 11 is 0. The highest BCUT2D eigenvalue weighted by Crippen LogP contribution is 2.42. The second-order valence-electron chi connectivity index (χ2n) is 12.1. The van der Waals surface area contributed by atoms with E-state index in [9.17, 15) is 5.26 Å². The Kier molecular flexibility index (Phi) is 6.21. The molecule has 0 fully saturated rings. The minimum Gasteiger partial charge on any atom is -0.456 e. The van der Waals surface area contributed by atoms with Crippen LogP contribution in [-0.4, -0.2) is 9.13 Å². The number of hydrogen-bond acceptors (Lipinski definition) is 2. The normalized spacial score (nSPS) is 11.8. The highest BCUT2D eigenvalue weighted by Gasteiger charge is 2.21. The molecule has 9 aromatic rings. The van der Waals surface area contributed by atoms with E-state index in [-0.39, 0.29) is 0 Å². The third kappa shape index (κ3) is 4.02. The van der Waals surface area contributed by atoms with Crippen LogP contribution in [0, 0.1) is 18.3 Å². The highest BCUT2D eigenvalue weighted by molar-refractivity contribution is 6.24. The average molecular weight is 616 g/mol. The first-order valence-corrected chi connectivity index (χ1v) is 16.0. The Morgan fingerprint density at radius 1 is 0.667 bits per heavy atom. The van der Waals surface area contributed by atoms with Crippen molar-refractivity contribution in [3.63, 3.8) is 0 Å². The summed E-state index contributed by atoms with van der Waals surface area (Å²) in [6, 6.07) is 46.6. The molecule has 0 aliphatic rings. The number of nitriles is 1. The van der Waals surface area contributed by atoms with Crippen LogP contribution in [0.4, 0.5) is 0 Å². The van der Waals surface area contributed by atoms with Gasteiger partial charge in [0.15, 0.2) is 0 Å². The molecule has 9 rings (SSSR count). The zero-order valence-corrected chi connectivity index (χ0v) is 26.3. The number of fused-ring (bicyclic) bond motifs is 8. The molecule has 3 aromatic heterocycles. The van der Waals surface area contributed by atoms with Gasteiger partial charge in [0, 0.05) is 38.6 Å². The Morgan fingerprint density at radius 2 is 1.33 bits per heavy atom. The average Bonchev–Trinajstić information content (AvgIpc) is 3.77.